The van der Waals surface area contributed by atoms with Gasteiger partial charge in [-0.15, -0.1) is 10.2 Å². The van der Waals surface area contributed by atoms with E-state index in [1.807, 2.05) is 50.2 Å². The molecule has 0 atom stereocenters. The van der Waals surface area contributed by atoms with Gasteiger partial charge in [-0.2, -0.15) is 4.80 Å². The van der Waals surface area contributed by atoms with E-state index in [4.69, 9.17) is 4.74 Å². The molecule has 1 heterocycles. The highest BCUT2D eigenvalue weighted by molar-refractivity contribution is 9.10. The van der Waals surface area contributed by atoms with Crippen LogP contribution in [0.5, 0.6) is 0 Å². The van der Waals surface area contributed by atoms with Crippen LogP contribution in [0.3, 0.4) is 0 Å². The molecule has 0 unspecified atom stereocenters. The van der Waals surface area contributed by atoms with Gasteiger partial charge in [0.05, 0.1) is 0 Å². The summed E-state index contributed by atoms with van der Waals surface area (Å²) in [5.74, 6) is -0.645. The first kappa shape index (κ1) is 19.7. The molecular formula is C19H18BrN5O3. The van der Waals surface area contributed by atoms with Crippen LogP contribution >= 0.6 is 15.9 Å². The van der Waals surface area contributed by atoms with Gasteiger partial charge in [0.25, 0.3) is 5.91 Å². The summed E-state index contributed by atoms with van der Waals surface area (Å²) in [4.78, 5) is 25.0. The number of halogens is 1. The second-order valence-electron chi connectivity index (χ2n) is 6.18. The first-order valence-corrected chi connectivity index (χ1v) is 9.26. The number of aromatic nitrogens is 4. The number of rotatable bonds is 6. The zero-order chi connectivity index (χ0) is 20.1. The molecule has 0 aliphatic rings. The van der Waals surface area contributed by atoms with Gasteiger partial charge in [0, 0.05) is 15.7 Å². The van der Waals surface area contributed by atoms with Crippen molar-refractivity contribution in [1.82, 2.24) is 20.2 Å². The number of aryl methyl sites for hydroxylation is 2. The average Bonchev–Trinajstić information content (AvgIpc) is 3.12. The summed E-state index contributed by atoms with van der Waals surface area (Å²) in [5.41, 5.74) is 3.53. The zero-order valence-corrected chi connectivity index (χ0v) is 16.9. The van der Waals surface area contributed by atoms with Gasteiger partial charge in [0.1, 0.15) is 0 Å². The van der Waals surface area contributed by atoms with Gasteiger partial charge in [0.15, 0.2) is 13.2 Å². The van der Waals surface area contributed by atoms with Crippen molar-refractivity contribution in [3.63, 3.8) is 0 Å². The third-order valence-corrected chi connectivity index (χ3v) is 4.73. The van der Waals surface area contributed by atoms with Crippen molar-refractivity contribution < 1.29 is 14.3 Å². The number of hydrogen-bond acceptors (Lipinski definition) is 6. The lowest BCUT2D eigenvalue weighted by molar-refractivity contribution is -0.148. The molecule has 0 saturated heterocycles. The second kappa shape index (κ2) is 8.75. The Morgan fingerprint density at radius 1 is 1.14 bits per heavy atom. The molecule has 0 saturated carbocycles. The Hall–Kier alpha value is -3.07. The summed E-state index contributed by atoms with van der Waals surface area (Å²) >= 11 is 3.40. The fourth-order valence-corrected chi connectivity index (χ4v) is 2.60. The Labute approximate surface area is 170 Å². The number of tetrazole rings is 1. The van der Waals surface area contributed by atoms with Crippen LogP contribution in [0.2, 0.25) is 0 Å². The molecule has 1 aromatic heterocycles. The standard InChI is InChI=1S/C19H18BrN5O3/c1-12-3-5-14(6-4-12)19-22-24-25(23-19)10-18(27)28-11-17(26)21-15-7-8-16(20)13(2)9-15/h3-9H,10-11H2,1-2H3,(H,21,26). The molecular weight excluding hydrogens is 426 g/mol. The number of esters is 1. The third kappa shape index (κ3) is 5.23. The normalized spacial score (nSPS) is 10.5. The number of benzene rings is 2. The lowest BCUT2D eigenvalue weighted by Gasteiger charge is -2.07. The van der Waals surface area contributed by atoms with Crippen molar-refractivity contribution >= 4 is 33.5 Å². The van der Waals surface area contributed by atoms with E-state index in [0.717, 1.165) is 26.0 Å². The lowest BCUT2D eigenvalue weighted by atomic mass is 10.1. The maximum atomic E-state index is 11.9. The largest absolute Gasteiger partial charge is 0.454 e. The van der Waals surface area contributed by atoms with Gasteiger partial charge in [-0.1, -0.05) is 45.8 Å². The Bertz CT molecular complexity index is 1000. The highest BCUT2D eigenvalue weighted by atomic mass is 79.9. The Kier molecular flexibility index (Phi) is 6.15. The van der Waals surface area contributed by atoms with Crippen LogP contribution in [0.1, 0.15) is 11.1 Å². The van der Waals surface area contributed by atoms with E-state index in [-0.39, 0.29) is 6.54 Å². The molecule has 1 amide bonds. The molecule has 2 aromatic carbocycles. The first-order valence-electron chi connectivity index (χ1n) is 8.47. The highest BCUT2D eigenvalue weighted by Gasteiger charge is 2.12. The van der Waals surface area contributed by atoms with Crippen LogP contribution in [-0.2, 0) is 20.9 Å². The number of carbonyl (C=O) groups is 2. The van der Waals surface area contributed by atoms with Gasteiger partial charge < -0.3 is 10.1 Å². The topological polar surface area (TPSA) is 99.0 Å². The lowest BCUT2D eigenvalue weighted by Crippen LogP contribution is -2.23. The number of anilines is 1. The van der Waals surface area contributed by atoms with Gasteiger partial charge >= 0.3 is 5.97 Å². The summed E-state index contributed by atoms with van der Waals surface area (Å²) in [6.45, 7) is 3.27. The molecule has 8 nitrogen and oxygen atoms in total. The molecule has 28 heavy (non-hydrogen) atoms. The quantitative estimate of drug-likeness (QED) is 0.587. The monoisotopic (exact) mass is 443 g/mol. The number of nitrogens with zero attached hydrogens (tertiary/aromatic N) is 4. The molecule has 0 spiro atoms. The van der Waals surface area contributed by atoms with E-state index in [1.54, 1.807) is 6.07 Å². The van der Waals surface area contributed by atoms with Crippen molar-refractivity contribution in [2.45, 2.75) is 20.4 Å². The summed E-state index contributed by atoms with van der Waals surface area (Å²) in [7, 11) is 0. The summed E-state index contributed by atoms with van der Waals surface area (Å²) in [5, 5.41) is 14.6. The van der Waals surface area contributed by atoms with Gasteiger partial charge in [-0.3, -0.25) is 4.79 Å². The van der Waals surface area contributed by atoms with Crippen LogP contribution in [0, 0.1) is 13.8 Å². The molecule has 144 valence electrons. The maximum absolute atomic E-state index is 11.9. The van der Waals surface area contributed by atoms with Crippen LogP contribution in [0.15, 0.2) is 46.9 Å². The minimum Gasteiger partial charge on any atom is -0.454 e. The number of amides is 1. The molecule has 0 aliphatic carbocycles. The summed E-state index contributed by atoms with van der Waals surface area (Å²) in [6.07, 6.45) is 0. The minimum absolute atomic E-state index is 0.233. The van der Waals surface area contributed by atoms with E-state index in [9.17, 15) is 9.59 Å². The van der Waals surface area contributed by atoms with Gasteiger partial charge in [-0.25, -0.2) is 4.79 Å². The van der Waals surface area contributed by atoms with Crippen molar-refractivity contribution in [2.24, 2.45) is 0 Å². The van der Waals surface area contributed by atoms with E-state index in [1.165, 1.54) is 0 Å². The Morgan fingerprint density at radius 3 is 2.61 bits per heavy atom. The SMILES string of the molecule is Cc1ccc(-c2nnn(CC(=O)OCC(=O)Nc3ccc(Br)c(C)c3)n2)cc1. The van der Waals surface area contributed by atoms with Crippen LogP contribution in [0.4, 0.5) is 5.69 Å². The number of hydrogen-bond donors (Lipinski definition) is 1. The van der Waals surface area contributed by atoms with E-state index in [0.29, 0.717) is 11.5 Å². The fourth-order valence-electron chi connectivity index (χ4n) is 2.36. The van der Waals surface area contributed by atoms with E-state index >= 15 is 0 Å². The minimum atomic E-state index is -0.630. The molecule has 9 heteroatoms. The molecule has 0 fully saturated rings. The van der Waals surface area contributed by atoms with Gasteiger partial charge in [-0.05, 0) is 42.8 Å². The molecule has 0 bridgehead atoms. The molecule has 3 aromatic rings. The Balaban J connectivity index is 1.49. The first-order chi connectivity index (χ1) is 13.4. The smallest absolute Gasteiger partial charge is 0.330 e. The van der Waals surface area contributed by atoms with Crippen LogP contribution in [-0.4, -0.2) is 38.7 Å². The second-order valence-corrected chi connectivity index (χ2v) is 7.04. The van der Waals surface area contributed by atoms with Gasteiger partial charge in [0.2, 0.25) is 5.82 Å². The van der Waals surface area contributed by atoms with Crippen LogP contribution < -0.4 is 5.32 Å². The summed E-state index contributed by atoms with van der Waals surface area (Å²) < 4.78 is 5.92. The Morgan fingerprint density at radius 2 is 1.89 bits per heavy atom. The molecule has 1 N–H and O–H groups in total. The molecule has 3 rings (SSSR count). The predicted molar refractivity (Wildman–Crippen MR) is 106 cm³/mol. The van der Waals surface area contributed by atoms with Crippen molar-refractivity contribution in [2.75, 3.05) is 11.9 Å². The average molecular weight is 444 g/mol. The summed E-state index contributed by atoms with van der Waals surface area (Å²) in [6, 6.07) is 13.0. The number of carbonyl (C=O) groups excluding carboxylic acids is 2. The maximum Gasteiger partial charge on any atom is 0.330 e. The van der Waals surface area contributed by atoms with E-state index in [2.05, 4.69) is 36.7 Å². The van der Waals surface area contributed by atoms with Crippen molar-refractivity contribution in [3.8, 4) is 11.4 Å². The molecule has 0 aliphatic heterocycles. The fraction of sp³-hybridized carbons (Fsp3) is 0.211. The zero-order valence-electron chi connectivity index (χ0n) is 15.3. The highest BCUT2D eigenvalue weighted by Crippen LogP contribution is 2.20. The number of nitrogens with one attached hydrogen (secondary N) is 1. The third-order valence-electron chi connectivity index (χ3n) is 3.84. The van der Waals surface area contributed by atoms with Crippen molar-refractivity contribution in [3.05, 3.63) is 58.1 Å². The number of ether oxygens (including phenoxy) is 1. The molecule has 0 radical (unpaired) electrons. The van der Waals surface area contributed by atoms with Crippen molar-refractivity contribution in [1.29, 1.82) is 0 Å². The van der Waals surface area contributed by atoms with E-state index < -0.39 is 18.5 Å². The van der Waals surface area contributed by atoms with Crippen LogP contribution in [0.25, 0.3) is 11.4 Å². The predicted octanol–water partition coefficient (Wildman–Crippen LogP) is 2.90.